The Bertz CT molecular complexity index is 839. The number of aromatic nitrogens is 1. The van der Waals surface area contributed by atoms with Crippen LogP contribution >= 0.6 is 11.8 Å². The number of hydrogen-bond acceptors (Lipinski definition) is 4. The van der Waals surface area contributed by atoms with Crippen LogP contribution in [0.15, 0.2) is 76.7 Å². The maximum atomic E-state index is 8.84. The van der Waals surface area contributed by atoms with E-state index in [9.17, 15) is 0 Å². The normalized spacial score (nSPS) is 10.1. The Balaban J connectivity index is 1.80. The van der Waals surface area contributed by atoms with Crippen LogP contribution in [0, 0.1) is 18.3 Å². The summed E-state index contributed by atoms with van der Waals surface area (Å²) in [5.41, 5.74) is 1.50. The molecule has 0 N–H and O–H groups in total. The highest BCUT2D eigenvalue weighted by Gasteiger charge is 2.06. The Labute approximate surface area is 139 Å². The fourth-order valence-electron chi connectivity index (χ4n) is 2.00. The van der Waals surface area contributed by atoms with Crippen molar-refractivity contribution in [3.63, 3.8) is 0 Å². The molecule has 0 spiro atoms. The molecule has 0 saturated heterocycles. The van der Waals surface area contributed by atoms with Crippen molar-refractivity contribution in [2.24, 2.45) is 0 Å². The van der Waals surface area contributed by atoms with E-state index in [2.05, 4.69) is 11.1 Å². The topological polar surface area (TPSA) is 45.9 Å². The molecular weight excluding hydrogens is 304 g/mol. The highest BCUT2D eigenvalue weighted by Crippen LogP contribution is 2.32. The summed E-state index contributed by atoms with van der Waals surface area (Å²) < 4.78 is 5.91. The van der Waals surface area contributed by atoms with Crippen molar-refractivity contribution >= 4 is 11.8 Å². The molecule has 0 saturated carbocycles. The van der Waals surface area contributed by atoms with Crippen LogP contribution in [0.4, 0.5) is 0 Å². The zero-order valence-corrected chi connectivity index (χ0v) is 13.4. The van der Waals surface area contributed by atoms with Gasteiger partial charge in [0, 0.05) is 16.0 Å². The molecule has 3 rings (SSSR count). The fraction of sp³-hybridized carbons (Fsp3) is 0.0526. The van der Waals surface area contributed by atoms with Crippen molar-refractivity contribution in [2.75, 3.05) is 0 Å². The maximum Gasteiger partial charge on any atom is 0.149 e. The molecule has 0 fully saturated rings. The molecule has 4 heteroatoms. The van der Waals surface area contributed by atoms with Gasteiger partial charge in [-0.25, -0.2) is 0 Å². The Morgan fingerprint density at radius 1 is 1.00 bits per heavy atom. The number of benzene rings is 2. The van der Waals surface area contributed by atoms with Gasteiger partial charge in [-0.2, -0.15) is 5.26 Å². The Morgan fingerprint density at radius 3 is 2.43 bits per heavy atom. The molecule has 23 heavy (non-hydrogen) atoms. The lowest BCUT2D eigenvalue weighted by molar-refractivity contribution is 0.474. The summed E-state index contributed by atoms with van der Waals surface area (Å²) in [6.07, 6.45) is 1.83. The third kappa shape index (κ3) is 3.91. The molecular formula is C19H14N2OS. The van der Waals surface area contributed by atoms with Crippen molar-refractivity contribution in [1.82, 2.24) is 4.98 Å². The van der Waals surface area contributed by atoms with Crippen LogP contribution in [0.5, 0.6) is 11.5 Å². The molecule has 112 valence electrons. The molecule has 2 aromatic carbocycles. The molecule has 1 heterocycles. The first kappa shape index (κ1) is 15.1. The molecule has 3 aromatic rings. The predicted molar refractivity (Wildman–Crippen MR) is 90.8 cm³/mol. The fourth-order valence-corrected chi connectivity index (χ4v) is 2.82. The van der Waals surface area contributed by atoms with Crippen LogP contribution in [0.25, 0.3) is 0 Å². The van der Waals surface area contributed by atoms with Gasteiger partial charge in [-0.05, 0) is 49.4 Å². The Hall–Kier alpha value is -2.77. The van der Waals surface area contributed by atoms with Gasteiger partial charge in [0.2, 0.25) is 0 Å². The highest BCUT2D eigenvalue weighted by molar-refractivity contribution is 7.99. The quantitative estimate of drug-likeness (QED) is 0.663. The minimum atomic E-state index is 0.657. The van der Waals surface area contributed by atoms with Crippen molar-refractivity contribution in [3.8, 4) is 17.6 Å². The molecule has 0 bridgehead atoms. The molecule has 0 atom stereocenters. The number of para-hydroxylation sites is 1. The van der Waals surface area contributed by atoms with E-state index in [1.54, 1.807) is 11.8 Å². The van der Waals surface area contributed by atoms with Gasteiger partial charge >= 0.3 is 0 Å². The Kier molecular flexibility index (Phi) is 4.60. The van der Waals surface area contributed by atoms with Crippen molar-refractivity contribution < 1.29 is 4.74 Å². The van der Waals surface area contributed by atoms with Gasteiger partial charge in [0.25, 0.3) is 0 Å². The first-order valence-corrected chi connectivity index (χ1v) is 7.94. The van der Waals surface area contributed by atoms with Crippen LogP contribution in [0.3, 0.4) is 0 Å². The number of ether oxygens (including phenoxy) is 1. The van der Waals surface area contributed by atoms with Crippen LogP contribution in [-0.4, -0.2) is 4.98 Å². The minimum absolute atomic E-state index is 0.657. The van der Waals surface area contributed by atoms with E-state index in [0.29, 0.717) is 5.56 Å². The van der Waals surface area contributed by atoms with Crippen molar-refractivity contribution in [1.29, 1.82) is 5.26 Å². The lowest BCUT2D eigenvalue weighted by atomic mass is 10.2. The van der Waals surface area contributed by atoms with Gasteiger partial charge in [0.15, 0.2) is 0 Å². The SMILES string of the molecule is Cc1ncc(Sc2ccc(C#N)cc2)cc1Oc1ccccc1. The van der Waals surface area contributed by atoms with Gasteiger partial charge in [0.05, 0.1) is 17.3 Å². The average molecular weight is 318 g/mol. The number of pyridine rings is 1. The predicted octanol–water partition coefficient (Wildman–Crippen LogP) is 5.21. The van der Waals surface area contributed by atoms with Crippen LogP contribution in [-0.2, 0) is 0 Å². The molecule has 0 unspecified atom stereocenters. The van der Waals surface area contributed by atoms with E-state index in [0.717, 1.165) is 27.0 Å². The Morgan fingerprint density at radius 2 is 1.74 bits per heavy atom. The van der Waals surface area contributed by atoms with Crippen LogP contribution in [0.2, 0.25) is 0 Å². The second-order valence-corrected chi connectivity index (χ2v) is 6.05. The highest BCUT2D eigenvalue weighted by atomic mass is 32.2. The molecule has 1 aromatic heterocycles. The summed E-state index contributed by atoms with van der Waals surface area (Å²) in [5.74, 6) is 1.53. The summed E-state index contributed by atoms with van der Waals surface area (Å²) in [6, 6.07) is 21.3. The van der Waals surface area contributed by atoms with Crippen LogP contribution in [0.1, 0.15) is 11.3 Å². The smallest absolute Gasteiger partial charge is 0.149 e. The number of nitrogens with zero attached hydrogens (tertiary/aromatic N) is 2. The molecule has 0 aliphatic heterocycles. The van der Waals surface area contributed by atoms with E-state index >= 15 is 0 Å². The number of rotatable bonds is 4. The van der Waals surface area contributed by atoms with Gasteiger partial charge in [-0.3, -0.25) is 4.98 Å². The number of nitriles is 1. The van der Waals surface area contributed by atoms with E-state index < -0.39 is 0 Å². The largest absolute Gasteiger partial charge is 0.455 e. The summed E-state index contributed by atoms with van der Waals surface area (Å²) >= 11 is 1.59. The number of hydrogen-bond donors (Lipinski definition) is 0. The summed E-state index contributed by atoms with van der Waals surface area (Å²) in [6.45, 7) is 1.93. The molecule has 3 nitrogen and oxygen atoms in total. The minimum Gasteiger partial charge on any atom is -0.455 e. The zero-order valence-electron chi connectivity index (χ0n) is 12.6. The van der Waals surface area contributed by atoms with Crippen molar-refractivity contribution in [2.45, 2.75) is 16.7 Å². The van der Waals surface area contributed by atoms with Crippen molar-refractivity contribution in [3.05, 3.63) is 78.1 Å². The lowest BCUT2D eigenvalue weighted by Gasteiger charge is -2.10. The van der Waals surface area contributed by atoms with E-state index in [1.807, 2.05) is 73.8 Å². The third-order valence-corrected chi connectivity index (χ3v) is 4.17. The third-order valence-electron chi connectivity index (χ3n) is 3.21. The molecule has 0 aliphatic rings. The monoisotopic (exact) mass is 318 g/mol. The second-order valence-electron chi connectivity index (χ2n) is 4.91. The van der Waals surface area contributed by atoms with Gasteiger partial charge < -0.3 is 4.74 Å². The van der Waals surface area contributed by atoms with Gasteiger partial charge in [-0.1, -0.05) is 30.0 Å². The standard InChI is InChI=1S/C19H14N2OS/c1-14-19(22-16-5-3-2-4-6-16)11-18(13-21-14)23-17-9-7-15(12-20)8-10-17/h2-11,13H,1H3. The summed E-state index contributed by atoms with van der Waals surface area (Å²) in [7, 11) is 0. The first-order valence-electron chi connectivity index (χ1n) is 7.12. The van der Waals surface area contributed by atoms with E-state index in [1.165, 1.54) is 0 Å². The van der Waals surface area contributed by atoms with Crippen LogP contribution < -0.4 is 4.74 Å². The van der Waals surface area contributed by atoms with Gasteiger partial charge in [0.1, 0.15) is 11.5 Å². The summed E-state index contributed by atoms with van der Waals surface area (Å²) in [4.78, 5) is 6.45. The molecule has 0 amide bonds. The van der Waals surface area contributed by atoms with E-state index in [-0.39, 0.29) is 0 Å². The van der Waals surface area contributed by atoms with E-state index in [4.69, 9.17) is 10.00 Å². The lowest BCUT2D eigenvalue weighted by Crippen LogP contribution is -1.91. The molecule has 0 aliphatic carbocycles. The maximum absolute atomic E-state index is 8.84. The number of aryl methyl sites for hydroxylation is 1. The summed E-state index contributed by atoms with van der Waals surface area (Å²) in [5, 5.41) is 8.84. The van der Waals surface area contributed by atoms with Gasteiger partial charge in [-0.15, -0.1) is 0 Å². The second kappa shape index (κ2) is 6.99. The average Bonchev–Trinajstić information content (AvgIpc) is 2.59. The zero-order chi connectivity index (χ0) is 16.1. The molecule has 0 radical (unpaired) electrons. The first-order chi connectivity index (χ1) is 11.2.